The largest absolute Gasteiger partial charge is 0.492 e. The number of rotatable bonds is 6. The molecule has 1 aromatic heterocycles. The number of benzene rings is 1. The van der Waals surface area contributed by atoms with Gasteiger partial charge in [-0.05, 0) is 26.0 Å². The van der Waals surface area contributed by atoms with E-state index < -0.39 is 10.0 Å². The van der Waals surface area contributed by atoms with Crippen LogP contribution in [0.25, 0.3) is 0 Å². The molecule has 2 rings (SSSR count). The van der Waals surface area contributed by atoms with Crippen molar-refractivity contribution in [1.29, 1.82) is 0 Å². The number of likely N-dealkylation sites (N-methyl/N-ethyl adjacent to an activating group) is 1. The summed E-state index contributed by atoms with van der Waals surface area (Å²) in [6.07, 6.45) is 1.32. The Balaban J connectivity index is 1.92. The van der Waals surface area contributed by atoms with Gasteiger partial charge >= 0.3 is 0 Å². The molecule has 0 aliphatic rings. The molecule has 0 aliphatic heterocycles. The van der Waals surface area contributed by atoms with Gasteiger partial charge in [0.15, 0.2) is 5.03 Å². The van der Waals surface area contributed by atoms with Crippen molar-refractivity contribution in [3.05, 3.63) is 41.9 Å². The second-order valence-corrected chi connectivity index (χ2v) is 6.83. The number of hydrogen-bond acceptors (Lipinski definition) is 4. The Morgan fingerprint density at radius 3 is 2.48 bits per heavy atom. The summed E-state index contributed by atoms with van der Waals surface area (Å²) in [5.74, 6) is 1.29. The van der Waals surface area contributed by atoms with Crippen molar-refractivity contribution in [1.82, 2.24) is 14.3 Å². The Hall–Kier alpha value is -1.86. The fourth-order valence-electron chi connectivity index (χ4n) is 1.74. The number of aromatic nitrogens is 2. The Morgan fingerprint density at radius 2 is 1.90 bits per heavy atom. The number of ether oxygens (including phenoxy) is 1. The minimum atomic E-state index is -3.54. The number of aromatic amines is 1. The van der Waals surface area contributed by atoms with E-state index in [0.717, 1.165) is 11.3 Å². The molecule has 0 amide bonds. The van der Waals surface area contributed by atoms with E-state index in [4.69, 9.17) is 4.74 Å². The zero-order chi connectivity index (χ0) is 15.5. The van der Waals surface area contributed by atoms with Gasteiger partial charge in [0.2, 0.25) is 0 Å². The van der Waals surface area contributed by atoms with E-state index in [1.165, 1.54) is 17.5 Å². The van der Waals surface area contributed by atoms with Crippen molar-refractivity contribution >= 4 is 10.0 Å². The third-order valence-electron chi connectivity index (χ3n) is 3.06. The molecule has 0 saturated carbocycles. The van der Waals surface area contributed by atoms with Crippen LogP contribution in [0.5, 0.6) is 5.75 Å². The van der Waals surface area contributed by atoms with Gasteiger partial charge in [-0.1, -0.05) is 17.7 Å². The molecule has 0 aliphatic carbocycles. The molecule has 6 nitrogen and oxygen atoms in total. The van der Waals surface area contributed by atoms with Crippen molar-refractivity contribution < 1.29 is 13.2 Å². The molecule has 7 heteroatoms. The average molecular weight is 309 g/mol. The SMILES string of the molecule is Cc1ccc(OCCN(C)S(=O)(=O)c2cnc(C)[nH]2)cc1. The lowest BCUT2D eigenvalue weighted by Gasteiger charge is -2.16. The Labute approximate surface area is 124 Å². The molecule has 21 heavy (non-hydrogen) atoms. The third kappa shape index (κ3) is 3.83. The second kappa shape index (κ2) is 6.28. The fourth-order valence-corrected chi connectivity index (χ4v) is 2.86. The first-order valence-corrected chi connectivity index (χ1v) is 8.01. The average Bonchev–Trinajstić information content (AvgIpc) is 2.88. The normalized spacial score (nSPS) is 11.8. The van der Waals surface area contributed by atoms with Gasteiger partial charge in [-0.2, -0.15) is 4.31 Å². The predicted molar refractivity (Wildman–Crippen MR) is 79.8 cm³/mol. The molecule has 1 heterocycles. The van der Waals surface area contributed by atoms with Crippen LogP contribution in [0.1, 0.15) is 11.4 Å². The van der Waals surface area contributed by atoms with E-state index in [0.29, 0.717) is 5.82 Å². The Kier molecular flexibility index (Phi) is 4.64. The molecule has 1 aromatic carbocycles. The van der Waals surface area contributed by atoms with Gasteiger partial charge in [-0.25, -0.2) is 13.4 Å². The van der Waals surface area contributed by atoms with Crippen molar-refractivity contribution in [2.45, 2.75) is 18.9 Å². The zero-order valence-corrected chi connectivity index (χ0v) is 13.1. The number of H-pyrrole nitrogens is 1. The van der Waals surface area contributed by atoms with Gasteiger partial charge < -0.3 is 9.72 Å². The van der Waals surface area contributed by atoms with Gasteiger partial charge in [0.1, 0.15) is 18.2 Å². The summed E-state index contributed by atoms with van der Waals surface area (Å²) < 4.78 is 31.2. The van der Waals surface area contributed by atoms with Gasteiger partial charge in [0.25, 0.3) is 10.0 Å². The van der Waals surface area contributed by atoms with Crippen LogP contribution in [0.2, 0.25) is 0 Å². The van der Waals surface area contributed by atoms with Crippen LogP contribution < -0.4 is 4.74 Å². The molecule has 2 aromatic rings. The predicted octanol–water partition coefficient (Wildman–Crippen LogP) is 1.73. The fraction of sp³-hybridized carbons (Fsp3) is 0.357. The summed E-state index contributed by atoms with van der Waals surface area (Å²) in [5, 5.41) is 0.0952. The lowest BCUT2D eigenvalue weighted by molar-refractivity contribution is 0.286. The summed E-state index contributed by atoms with van der Waals surface area (Å²) in [4.78, 5) is 6.64. The van der Waals surface area contributed by atoms with E-state index in [9.17, 15) is 8.42 Å². The summed E-state index contributed by atoms with van der Waals surface area (Å²) in [6.45, 7) is 4.25. The van der Waals surface area contributed by atoms with E-state index in [1.54, 1.807) is 6.92 Å². The monoisotopic (exact) mass is 309 g/mol. The molecule has 0 bridgehead atoms. The van der Waals surface area contributed by atoms with Gasteiger partial charge in [-0.3, -0.25) is 0 Å². The molecule has 1 N–H and O–H groups in total. The summed E-state index contributed by atoms with van der Waals surface area (Å²) >= 11 is 0. The van der Waals surface area contributed by atoms with E-state index >= 15 is 0 Å². The quantitative estimate of drug-likeness (QED) is 0.881. The maximum absolute atomic E-state index is 12.2. The Morgan fingerprint density at radius 1 is 1.24 bits per heavy atom. The third-order valence-corrected chi connectivity index (χ3v) is 4.83. The first-order valence-electron chi connectivity index (χ1n) is 6.57. The number of sulfonamides is 1. The maximum atomic E-state index is 12.2. The van der Waals surface area contributed by atoms with Crippen LogP contribution in [-0.2, 0) is 10.0 Å². The van der Waals surface area contributed by atoms with Gasteiger partial charge in [0, 0.05) is 13.6 Å². The van der Waals surface area contributed by atoms with Crippen molar-refractivity contribution in [3.63, 3.8) is 0 Å². The first-order chi connectivity index (χ1) is 9.89. The standard InChI is InChI=1S/C14H19N3O3S/c1-11-4-6-13(7-5-11)20-9-8-17(3)21(18,19)14-10-15-12(2)16-14/h4-7,10H,8-9H2,1-3H3,(H,15,16). The highest BCUT2D eigenvalue weighted by Crippen LogP contribution is 2.13. The Bertz CT molecular complexity index is 693. The lowest BCUT2D eigenvalue weighted by atomic mass is 10.2. The number of imidazole rings is 1. The molecular formula is C14H19N3O3S. The highest BCUT2D eigenvalue weighted by atomic mass is 32.2. The number of nitrogens with zero attached hydrogens (tertiary/aromatic N) is 2. The molecule has 114 valence electrons. The molecule has 0 saturated heterocycles. The highest BCUT2D eigenvalue weighted by molar-refractivity contribution is 7.89. The van der Waals surface area contributed by atoms with Crippen LogP contribution >= 0.6 is 0 Å². The van der Waals surface area contributed by atoms with E-state index in [1.807, 2.05) is 31.2 Å². The lowest BCUT2D eigenvalue weighted by Crippen LogP contribution is -2.31. The van der Waals surface area contributed by atoms with Crippen molar-refractivity contribution in [2.24, 2.45) is 0 Å². The topological polar surface area (TPSA) is 75.3 Å². The highest BCUT2D eigenvalue weighted by Gasteiger charge is 2.22. The maximum Gasteiger partial charge on any atom is 0.259 e. The minimum absolute atomic E-state index is 0.0952. The number of nitrogens with one attached hydrogen (secondary N) is 1. The van der Waals surface area contributed by atoms with E-state index in [2.05, 4.69) is 9.97 Å². The van der Waals surface area contributed by atoms with Gasteiger partial charge in [-0.15, -0.1) is 0 Å². The first kappa shape index (κ1) is 15.5. The molecule has 0 unspecified atom stereocenters. The van der Waals surface area contributed by atoms with Crippen LogP contribution in [0.15, 0.2) is 35.5 Å². The van der Waals surface area contributed by atoms with E-state index in [-0.39, 0.29) is 18.2 Å². The van der Waals surface area contributed by atoms with Crippen LogP contribution in [0, 0.1) is 13.8 Å². The summed E-state index contributed by atoms with van der Waals surface area (Å²) in [7, 11) is -2.03. The molecular weight excluding hydrogens is 290 g/mol. The van der Waals surface area contributed by atoms with Gasteiger partial charge in [0.05, 0.1) is 6.20 Å². The number of hydrogen-bond donors (Lipinski definition) is 1. The molecule has 0 atom stereocenters. The summed E-state index contributed by atoms with van der Waals surface area (Å²) in [5.41, 5.74) is 1.15. The molecule has 0 spiro atoms. The minimum Gasteiger partial charge on any atom is -0.492 e. The smallest absolute Gasteiger partial charge is 0.259 e. The van der Waals surface area contributed by atoms with Crippen molar-refractivity contribution in [2.75, 3.05) is 20.2 Å². The number of aryl methyl sites for hydroxylation is 2. The zero-order valence-electron chi connectivity index (χ0n) is 12.3. The van der Waals surface area contributed by atoms with Crippen LogP contribution in [0.4, 0.5) is 0 Å². The van der Waals surface area contributed by atoms with Crippen LogP contribution in [0.3, 0.4) is 0 Å². The summed E-state index contributed by atoms with van der Waals surface area (Å²) in [6, 6.07) is 7.62. The second-order valence-electron chi connectivity index (χ2n) is 4.82. The van der Waals surface area contributed by atoms with Crippen LogP contribution in [-0.4, -0.2) is 42.9 Å². The van der Waals surface area contributed by atoms with Crippen molar-refractivity contribution in [3.8, 4) is 5.75 Å². The molecule has 0 fully saturated rings. The molecule has 0 radical (unpaired) electrons.